The van der Waals surface area contributed by atoms with Crippen LogP contribution in [0.1, 0.15) is 31.2 Å². The summed E-state index contributed by atoms with van der Waals surface area (Å²) in [6.45, 7) is 1.45. The van der Waals surface area contributed by atoms with Crippen molar-refractivity contribution in [2.75, 3.05) is 20.3 Å². The van der Waals surface area contributed by atoms with Gasteiger partial charge in [-0.3, -0.25) is 0 Å². The Hall–Kier alpha value is -0.740. The van der Waals surface area contributed by atoms with Gasteiger partial charge in [0.15, 0.2) is 11.5 Å². The van der Waals surface area contributed by atoms with Crippen LogP contribution in [0.4, 0.5) is 0 Å². The summed E-state index contributed by atoms with van der Waals surface area (Å²) in [5.74, 6) is 4.21. The molecular formula is C17H24BrNO2. The van der Waals surface area contributed by atoms with Crippen LogP contribution in [-0.2, 0) is 6.42 Å². The Bertz CT molecular complexity index is 506. The molecule has 21 heavy (non-hydrogen) atoms. The number of hydrogen-bond donors (Lipinski definition) is 1. The van der Waals surface area contributed by atoms with Gasteiger partial charge in [-0.2, -0.15) is 0 Å². The molecule has 0 aliphatic heterocycles. The third-order valence-corrected chi connectivity index (χ3v) is 5.64. The fourth-order valence-electron chi connectivity index (χ4n) is 4.00. The van der Waals surface area contributed by atoms with Gasteiger partial charge in [-0.05, 0) is 83.6 Å². The maximum atomic E-state index is 6.13. The Morgan fingerprint density at radius 3 is 2.76 bits per heavy atom. The molecule has 116 valence electrons. The number of halogens is 1. The lowest BCUT2D eigenvalue weighted by Gasteiger charge is -2.23. The fraction of sp³-hybridized carbons (Fsp3) is 0.647. The first-order valence-corrected chi connectivity index (χ1v) is 8.69. The SMILES string of the molecule is COc1cc(CCN)cc(Br)c1OCC1CC2CCC1C2. The van der Waals surface area contributed by atoms with Crippen LogP contribution >= 0.6 is 15.9 Å². The zero-order valence-electron chi connectivity index (χ0n) is 12.6. The Balaban J connectivity index is 1.69. The van der Waals surface area contributed by atoms with Crippen molar-refractivity contribution in [1.29, 1.82) is 0 Å². The van der Waals surface area contributed by atoms with Crippen molar-refractivity contribution < 1.29 is 9.47 Å². The van der Waals surface area contributed by atoms with Crippen LogP contribution in [-0.4, -0.2) is 20.3 Å². The zero-order chi connectivity index (χ0) is 14.8. The van der Waals surface area contributed by atoms with Crippen LogP contribution in [0.15, 0.2) is 16.6 Å². The monoisotopic (exact) mass is 353 g/mol. The van der Waals surface area contributed by atoms with Gasteiger partial charge in [-0.15, -0.1) is 0 Å². The highest BCUT2D eigenvalue weighted by Gasteiger charge is 2.39. The van der Waals surface area contributed by atoms with Crippen molar-refractivity contribution in [3.05, 3.63) is 22.2 Å². The summed E-state index contributed by atoms with van der Waals surface area (Å²) >= 11 is 3.61. The van der Waals surface area contributed by atoms with E-state index in [0.717, 1.165) is 46.8 Å². The molecule has 2 fully saturated rings. The average molecular weight is 354 g/mol. The zero-order valence-corrected chi connectivity index (χ0v) is 14.2. The van der Waals surface area contributed by atoms with Crippen molar-refractivity contribution in [2.45, 2.75) is 32.1 Å². The van der Waals surface area contributed by atoms with Crippen LogP contribution < -0.4 is 15.2 Å². The van der Waals surface area contributed by atoms with Gasteiger partial charge < -0.3 is 15.2 Å². The molecule has 2 N–H and O–H groups in total. The molecule has 2 aliphatic carbocycles. The quantitative estimate of drug-likeness (QED) is 0.846. The van der Waals surface area contributed by atoms with E-state index >= 15 is 0 Å². The maximum absolute atomic E-state index is 6.13. The van der Waals surface area contributed by atoms with E-state index in [1.807, 2.05) is 6.07 Å². The second kappa shape index (κ2) is 6.57. The molecule has 3 rings (SSSR count). The highest BCUT2D eigenvalue weighted by atomic mass is 79.9. The van der Waals surface area contributed by atoms with Gasteiger partial charge in [0, 0.05) is 0 Å². The van der Waals surface area contributed by atoms with E-state index < -0.39 is 0 Å². The Labute approximate surface area is 135 Å². The van der Waals surface area contributed by atoms with E-state index in [9.17, 15) is 0 Å². The molecule has 3 atom stereocenters. The van der Waals surface area contributed by atoms with Crippen LogP contribution in [0, 0.1) is 17.8 Å². The van der Waals surface area contributed by atoms with Crippen molar-refractivity contribution in [3.63, 3.8) is 0 Å². The topological polar surface area (TPSA) is 44.5 Å². The third-order valence-electron chi connectivity index (χ3n) is 5.05. The number of benzene rings is 1. The van der Waals surface area contributed by atoms with Gasteiger partial charge in [0.25, 0.3) is 0 Å². The molecule has 0 saturated heterocycles. The van der Waals surface area contributed by atoms with Crippen molar-refractivity contribution in [3.8, 4) is 11.5 Å². The van der Waals surface area contributed by atoms with E-state index in [-0.39, 0.29) is 0 Å². The van der Waals surface area contributed by atoms with E-state index in [1.165, 1.54) is 31.2 Å². The number of rotatable bonds is 6. The molecule has 0 aromatic heterocycles. The molecular weight excluding hydrogens is 330 g/mol. The first kappa shape index (κ1) is 15.2. The average Bonchev–Trinajstić information content (AvgIpc) is 3.08. The molecule has 0 amide bonds. The number of nitrogens with two attached hydrogens (primary N) is 1. The van der Waals surface area contributed by atoms with Crippen molar-refractivity contribution in [1.82, 2.24) is 0 Å². The summed E-state index contributed by atoms with van der Waals surface area (Å²) in [5, 5.41) is 0. The summed E-state index contributed by atoms with van der Waals surface area (Å²) in [6.07, 6.45) is 6.44. The minimum atomic E-state index is 0.640. The lowest BCUT2D eigenvalue weighted by molar-refractivity contribution is 0.189. The highest BCUT2D eigenvalue weighted by Crippen LogP contribution is 2.48. The molecule has 0 radical (unpaired) electrons. The second-order valence-corrected chi connectivity index (χ2v) is 7.25. The van der Waals surface area contributed by atoms with E-state index in [1.54, 1.807) is 7.11 Å². The molecule has 1 aromatic carbocycles. The van der Waals surface area contributed by atoms with Gasteiger partial charge in [0.1, 0.15) is 0 Å². The van der Waals surface area contributed by atoms with Gasteiger partial charge in [-0.25, -0.2) is 0 Å². The van der Waals surface area contributed by atoms with Gasteiger partial charge in [0.05, 0.1) is 18.2 Å². The summed E-state index contributed by atoms with van der Waals surface area (Å²) in [6, 6.07) is 4.12. The minimum Gasteiger partial charge on any atom is -0.493 e. The Kier molecular flexibility index (Phi) is 4.75. The fourth-order valence-corrected chi connectivity index (χ4v) is 4.60. The van der Waals surface area contributed by atoms with E-state index in [0.29, 0.717) is 6.54 Å². The molecule has 2 bridgehead atoms. The van der Waals surface area contributed by atoms with Crippen LogP contribution in [0.2, 0.25) is 0 Å². The van der Waals surface area contributed by atoms with Crippen LogP contribution in [0.5, 0.6) is 11.5 Å². The Morgan fingerprint density at radius 1 is 1.29 bits per heavy atom. The predicted molar refractivity (Wildman–Crippen MR) is 87.9 cm³/mol. The molecule has 2 aliphatic rings. The molecule has 0 heterocycles. The summed E-state index contributed by atoms with van der Waals surface area (Å²) in [7, 11) is 1.69. The van der Waals surface area contributed by atoms with Gasteiger partial charge >= 0.3 is 0 Å². The van der Waals surface area contributed by atoms with E-state index in [2.05, 4.69) is 22.0 Å². The van der Waals surface area contributed by atoms with Crippen LogP contribution in [0.25, 0.3) is 0 Å². The van der Waals surface area contributed by atoms with E-state index in [4.69, 9.17) is 15.2 Å². The highest BCUT2D eigenvalue weighted by molar-refractivity contribution is 9.10. The number of hydrogen-bond acceptors (Lipinski definition) is 3. The summed E-state index contributed by atoms with van der Waals surface area (Å²) in [4.78, 5) is 0. The van der Waals surface area contributed by atoms with Crippen molar-refractivity contribution in [2.24, 2.45) is 23.5 Å². The lowest BCUT2D eigenvalue weighted by Crippen LogP contribution is -2.19. The maximum Gasteiger partial charge on any atom is 0.175 e. The minimum absolute atomic E-state index is 0.640. The molecule has 0 spiro atoms. The predicted octanol–water partition coefficient (Wildman–Crippen LogP) is 3.77. The smallest absolute Gasteiger partial charge is 0.175 e. The first-order valence-electron chi connectivity index (χ1n) is 7.90. The lowest BCUT2D eigenvalue weighted by atomic mass is 9.89. The molecule has 2 saturated carbocycles. The van der Waals surface area contributed by atoms with Crippen molar-refractivity contribution >= 4 is 15.9 Å². The van der Waals surface area contributed by atoms with Gasteiger partial charge in [0.2, 0.25) is 0 Å². The molecule has 3 nitrogen and oxygen atoms in total. The standard InChI is InChI=1S/C17H24BrNO2/c1-20-16-9-12(4-5-19)8-15(18)17(16)21-10-14-7-11-2-3-13(14)6-11/h8-9,11,13-14H,2-7,10,19H2,1H3. The molecule has 3 unspecified atom stereocenters. The number of fused-ring (bicyclic) bond motifs is 2. The normalized spacial score (nSPS) is 27.1. The van der Waals surface area contributed by atoms with Gasteiger partial charge in [-0.1, -0.05) is 6.42 Å². The largest absolute Gasteiger partial charge is 0.493 e. The summed E-state index contributed by atoms with van der Waals surface area (Å²) in [5.41, 5.74) is 6.80. The second-order valence-electron chi connectivity index (χ2n) is 6.39. The molecule has 4 heteroatoms. The first-order chi connectivity index (χ1) is 10.2. The van der Waals surface area contributed by atoms with Crippen LogP contribution in [0.3, 0.4) is 0 Å². The Morgan fingerprint density at radius 2 is 2.14 bits per heavy atom. The number of ether oxygens (including phenoxy) is 2. The third kappa shape index (κ3) is 3.21. The molecule has 1 aromatic rings. The number of methoxy groups -OCH3 is 1. The summed E-state index contributed by atoms with van der Waals surface area (Å²) < 4.78 is 12.6.